The Balaban J connectivity index is 1.73. The molecule has 7 heteroatoms. The summed E-state index contributed by atoms with van der Waals surface area (Å²) in [5.41, 5.74) is 1.32. The minimum Gasteiger partial charge on any atom is -0.392 e. The third-order valence-electron chi connectivity index (χ3n) is 3.05. The number of carbonyl (C=O) groups is 1. The zero-order valence-corrected chi connectivity index (χ0v) is 10.4. The molecule has 18 heavy (non-hydrogen) atoms. The molecule has 1 aromatic heterocycles. The van der Waals surface area contributed by atoms with Crippen LogP contribution in [0.4, 0.5) is 0 Å². The van der Waals surface area contributed by atoms with E-state index >= 15 is 0 Å². The molecule has 1 aliphatic heterocycles. The largest absolute Gasteiger partial charge is 0.392 e. The Bertz CT molecular complexity index is 407. The normalized spacial score (nSPS) is 20.9. The summed E-state index contributed by atoms with van der Waals surface area (Å²) in [4.78, 5) is 13.7. The average Bonchev–Trinajstić information content (AvgIpc) is 2.72. The summed E-state index contributed by atoms with van der Waals surface area (Å²) in [6, 6.07) is 0. The van der Waals surface area contributed by atoms with E-state index in [1.807, 2.05) is 4.90 Å². The first-order chi connectivity index (χ1) is 8.65. The highest BCUT2D eigenvalue weighted by Crippen LogP contribution is 2.09. The van der Waals surface area contributed by atoms with Crippen molar-refractivity contribution in [1.82, 2.24) is 20.5 Å². The van der Waals surface area contributed by atoms with Crippen LogP contribution < -0.4 is 5.32 Å². The van der Waals surface area contributed by atoms with E-state index in [4.69, 9.17) is 0 Å². The zero-order valence-electron chi connectivity index (χ0n) is 10.4. The van der Waals surface area contributed by atoms with E-state index < -0.39 is 0 Å². The molecule has 1 aromatic rings. The number of carbonyl (C=O) groups excluding carboxylic acids is 1. The highest BCUT2D eigenvalue weighted by Gasteiger charge is 2.19. The van der Waals surface area contributed by atoms with Gasteiger partial charge in [0.25, 0.3) is 0 Å². The highest BCUT2D eigenvalue weighted by atomic mass is 16.6. The fourth-order valence-corrected chi connectivity index (χ4v) is 2.03. The van der Waals surface area contributed by atoms with Crippen molar-refractivity contribution in [2.45, 2.75) is 32.4 Å². The highest BCUT2D eigenvalue weighted by molar-refractivity contribution is 5.77. The van der Waals surface area contributed by atoms with Gasteiger partial charge in [0.1, 0.15) is 11.4 Å². The lowest BCUT2D eigenvalue weighted by Gasteiger charge is -2.29. The molecule has 0 spiro atoms. The van der Waals surface area contributed by atoms with Gasteiger partial charge in [-0.25, -0.2) is 4.63 Å². The standard InChI is InChI=1S/C11H18N4O3/c1-8-10(14-18-13-8)5-12-11(17)7-15-4-2-3-9(16)6-15/h9,16H,2-7H2,1H3,(H,12,17)/t9-/m0/s1. The Morgan fingerprint density at radius 2 is 2.44 bits per heavy atom. The van der Waals surface area contributed by atoms with Crippen LogP contribution in [0.15, 0.2) is 4.63 Å². The molecule has 2 heterocycles. The van der Waals surface area contributed by atoms with Gasteiger partial charge in [0.2, 0.25) is 5.91 Å². The molecule has 1 fully saturated rings. The number of aryl methyl sites for hydroxylation is 1. The molecule has 0 saturated carbocycles. The fraction of sp³-hybridized carbons (Fsp3) is 0.727. The lowest BCUT2D eigenvalue weighted by Crippen LogP contribution is -2.44. The zero-order chi connectivity index (χ0) is 13.0. The number of nitrogens with zero attached hydrogens (tertiary/aromatic N) is 3. The second-order valence-electron chi connectivity index (χ2n) is 4.60. The second kappa shape index (κ2) is 5.92. The molecule has 2 N–H and O–H groups in total. The van der Waals surface area contributed by atoms with Crippen LogP contribution in [0.1, 0.15) is 24.2 Å². The van der Waals surface area contributed by atoms with E-state index in [-0.39, 0.29) is 12.0 Å². The van der Waals surface area contributed by atoms with Crippen LogP contribution in [0.2, 0.25) is 0 Å². The number of amides is 1. The average molecular weight is 254 g/mol. The summed E-state index contributed by atoms with van der Waals surface area (Å²) in [5.74, 6) is -0.0773. The van der Waals surface area contributed by atoms with Crippen molar-refractivity contribution in [3.63, 3.8) is 0 Å². The number of aliphatic hydroxyl groups excluding tert-OH is 1. The first kappa shape index (κ1) is 13.0. The van der Waals surface area contributed by atoms with E-state index in [2.05, 4.69) is 20.3 Å². The predicted octanol–water partition coefficient (Wildman–Crippen LogP) is -0.549. The number of piperidine rings is 1. The van der Waals surface area contributed by atoms with E-state index in [9.17, 15) is 9.90 Å². The summed E-state index contributed by atoms with van der Waals surface area (Å²) in [6.07, 6.45) is 1.44. The Labute approximate surface area is 105 Å². The molecule has 7 nitrogen and oxygen atoms in total. The van der Waals surface area contributed by atoms with Gasteiger partial charge in [0, 0.05) is 6.54 Å². The molecule has 0 bridgehead atoms. The number of hydrogen-bond donors (Lipinski definition) is 2. The molecular weight excluding hydrogens is 236 g/mol. The minimum absolute atomic E-state index is 0.0773. The Hall–Kier alpha value is -1.47. The lowest BCUT2D eigenvalue weighted by atomic mass is 10.1. The van der Waals surface area contributed by atoms with Crippen molar-refractivity contribution in [1.29, 1.82) is 0 Å². The quantitative estimate of drug-likeness (QED) is 0.749. The van der Waals surface area contributed by atoms with Crippen LogP contribution >= 0.6 is 0 Å². The van der Waals surface area contributed by atoms with E-state index in [1.165, 1.54) is 0 Å². The first-order valence-corrected chi connectivity index (χ1v) is 6.10. The second-order valence-corrected chi connectivity index (χ2v) is 4.60. The summed E-state index contributed by atoms with van der Waals surface area (Å²) in [7, 11) is 0. The molecule has 100 valence electrons. The van der Waals surface area contributed by atoms with Gasteiger partial charge in [-0.1, -0.05) is 10.3 Å². The molecule has 0 radical (unpaired) electrons. The first-order valence-electron chi connectivity index (χ1n) is 6.10. The van der Waals surface area contributed by atoms with Crippen LogP contribution in [0.5, 0.6) is 0 Å². The Morgan fingerprint density at radius 1 is 1.61 bits per heavy atom. The molecule has 1 amide bonds. The molecule has 0 aliphatic carbocycles. The van der Waals surface area contributed by atoms with Gasteiger partial charge in [0.15, 0.2) is 0 Å². The van der Waals surface area contributed by atoms with Crippen LogP contribution in [0.25, 0.3) is 0 Å². The van der Waals surface area contributed by atoms with Crippen molar-refractivity contribution < 1.29 is 14.5 Å². The molecule has 1 saturated heterocycles. The van der Waals surface area contributed by atoms with E-state index in [0.717, 1.165) is 19.4 Å². The van der Waals surface area contributed by atoms with Gasteiger partial charge in [0.05, 0.1) is 19.2 Å². The van der Waals surface area contributed by atoms with E-state index in [1.54, 1.807) is 6.92 Å². The summed E-state index contributed by atoms with van der Waals surface area (Å²) in [5, 5.41) is 19.6. The summed E-state index contributed by atoms with van der Waals surface area (Å²) >= 11 is 0. The molecule has 0 aromatic carbocycles. The number of aromatic nitrogens is 2. The number of likely N-dealkylation sites (tertiary alicyclic amines) is 1. The third kappa shape index (κ3) is 3.51. The maximum absolute atomic E-state index is 11.7. The Morgan fingerprint density at radius 3 is 3.11 bits per heavy atom. The lowest BCUT2D eigenvalue weighted by molar-refractivity contribution is -0.123. The number of nitrogens with one attached hydrogen (secondary N) is 1. The number of aliphatic hydroxyl groups is 1. The smallest absolute Gasteiger partial charge is 0.234 e. The van der Waals surface area contributed by atoms with E-state index in [0.29, 0.717) is 31.0 Å². The van der Waals surface area contributed by atoms with Crippen LogP contribution in [-0.4, -0.2) is 52.0 Å². The van der Waals surface area contributed by atoms with Gasteiger partial charge in [-0.15, -0.1) is 0 Å². The topological polar surface area (TPSA) is 91.5 Å². The van der Waals surface area contributed by atoms with Crippen LogP contribution in [0.3, 0.4) is 0 Å². The minimum atomic E-state index is -0.312. The van der Waals surface area contributed by atoms with Crippen LogP contribution in [-0.2, 0) is 11.3 Å². The maximum atomic E-state index is 11.7. The van der Waals surface area contributed by atoms with Crippen molar-refractivity contribution in [2.75, 3.05) is 19.6 Å². The van der Waals surface area contributed by atoms with Gasteiger partial charge < -0.3 is 10.4 Å². The predicted molar refractivity (Wildman–Crippen MR) is 62.6 cm³/mol. The SMILES string of the molecule is Cc1nonc1CNC(=O)CN1CCC[C@H](O)C1. The van der Waals surface area contributed by atoms with Gasteiger partial charge >= 0.3 is 0 Å². The van der Waals surface area contributed by atoms with Gasteiger partial charge in [-0.05, 0) is 26.3 Å². The number of hydrogen-bond acceptors (Lipinski definition) is 6. The summed E-state index contributed by atoms with van der Waals surface area (Å²) < 4.78 is 4.55. The number of β-amino-alcohol motifs (C(OH)–C–C–N with tert-alkyl or cyclic N) is 1. The van der Waals surface area contributed by atoms with Crippen molar-refractivity contribution in [3.05, 3.63) is 11.4 Å². The maximum Gasteiger partial charge on any atom is 0.234 e. The van der Waals surface area contributed by atoms with Crippen molar-refractivity contribution in [3.8, 4) is 0 Å². The van der Waals surface area contributed by atoms with Crippen LogP contribution in [0, 0.1) is 6.92 Å². The third-order valence-corrected chi connectivity index (χ3v) is 3.05. The molecule has 1 atom stereocenters. The van der Waals surface area contributed by atoms with Gasteiger partial charge in [-0.3, -0.25) is 9.69 Å². The molecule has 2 rings (SSSR count). The molecule has 0 unspecified atom stereocenters. The van der Waals surface area contributed by atoms with Gasteiger partial charge in [-0.2, -0.15) is 0 Å². The van der Waals surface area contributed by atoms with Crippen molar-refractivity contribution in [2.24, 2.45) is 0 Å². The molecule has 1 aliphatic rings. The monoisotopic (exact) mass is 254 g/mol. The van der Waals surface area contributed by atoms with Crippen molar-refractivity contribution >= 4 is 5.91 Å². The number of rotatable bonds is 4. The fourth-order valence-electron chi connectivity index (χ4n) is 2.03. The summed E-state index contributed by atoms with van der Waals surface area (Å²) in [6.45, 7) is 3.83. The molecular formula is C11H18N4O3. The Kier molecular flexibility index (Phi) is 4.27.